The van der Waals surface area contributed by atoms with Gasteiger partial charge in [0.05, 0.1) is 0 Å². The number of rotatable bonds is 0. The average Bonchev–Trinajstić information content (AvgIpc) is 2.11. The SMILES string of the molecule is FC(F)(F)N1C=CN(Cl)C1. The molecule has 1 aliphatic heterocycles. The molecule has 1 rings (SSSR count). The molecule has 0 fully saturated rings. The second kappa shape index (κ2) is 2.23. The molecule has 0 unspecified atom stereocenters. The van der Waals surface area contributed by atoms with E-state index in [9.17, 15) is 13.2 Å². The maximum absolute atomic E-state index is 11.7. The van der Waals surface area contributed by atoms with Gasteiger partial charge in [0, 0.05) is 24.2 Å². The maximum atomic E-state index is 11.7. The quantitative estimate of drug-likeness (QED) is 0.405. The Balaban J connectivity index is 2.55. The standard InChI is InChI=1S/C4H4ClF3N2/c5-10-2-1-9(3-10)4(6,7)8/h1-2H,3H2. The highest BCUT2D eigenvalue weighted by atomic mass is 35.5. The summed E-state index contributed by atoms with van der Waals surface area (Å²) in [7, 11) is 0. The van der Waals surface area contributed by atoms with Gasteiger partial charge < -0.3 is 0 Å². The van der Waals surface area contributed by atoms with Crippen LogP contribution in [0.25, 0.3) is 0 Å². The van der Waals surface area contributed by atoms with Gasteiger partial charge in [0.25, 0.3) is 0 Å². The summed E-state index contributed by atoms with van der Waals surface area (Å²) in [5, 5.41) is 0. The van der Waals surface area contributed by atoms with Crippen molar-refractivity contribution in [3.63, 3.8) is 0 Å². The predicted octanol–water partition coefficient (Wildman–Crippen LogP) is 1.71. The van der Waals surface area contributed by atoms with Crippen molar-refractivity contribution in [1.29, 1.82) is 0 Å². The Morgan fingerprint density at radius 3 is 2.10 bits per heavy atom. The third-order valence-electron chi connectivity index (χ3n) is 1.02. The molecule has 0 saturated heterocycles. The van der Waals surface area contributed by atoms with Gasteiger partial charge in [0.2, 0.25) is 0 Å². The molecule has 0 N–H and O–H groups in total. The van der Waals surface area contributed by atoms with Crippen molar-refractivity contribution in [3.8, 4) is 0 Å². The first-order chi connectivity index (χ1) is 4.50. The van der Waals surface area contributed by atoms with Crippen LogP contribution in [-0.4, -0.2) is 22.3 Å². The second-order valence-electron chi connectivity index (χ2n) is 1.78. The summed E-state index contributed by atoms with van der Waals surface area (Å²) in [6, 6.07) is 0. The van der Waals surface area contributed by atoms with E-state index < -0.39 is 6.30 Å². The van der Waals surface area contributed by atoms with E-state index in [1.54, 1.807) is 0 Å². The van der Waals surface area contributed by atoms with Crippen molar-refractivity contribution in [1.82, 2.24) is 9.32 Å². The van der Waals surface area contributed by atoms with Crippen LogP contribution in [0.15, 0.2) is 12.4 Å². The van der Waals surface area contributed by atoms with Crippen molar-refractivity contribution < 1.29 is 13.2 Å². The molecule has 0 atom stereocenters. The predicted molar refractivity (Wildman–Crippen MR) is 29.6 cm³/mol. The van der Waals surface area contributed by atoms with Crippen molar-refractivity contribution in [3.05, 3.63) is 12.4 Å². The number of hydrogen-bond acceptors (Lipinski definition) is 2. The van der Waals surface area contributed by atoms with E-state index >= 15 is 0 Å². The van der Waals surface area contributed by atoms with Crippen molar-refractivity contribution in [2.45, 2.75) is 6.30 Å². The lowest BCUT2D eigenvalue weighted by Crippen LogP contribution is -2.33. The highest BCUT2D eigenvalue weighted by molar-refractivity contribution is 6.14. The van der Waals surface area contributed by atoms with Crippen LogP contribution >= 0.6 is 11.8 Å². The minimum Gasteiger partial charge on any atom is -0.271 e. The molecular formula is C4H4ClF3N2. The molecule has 0 bridgehead atoms. The van der Waals surface area contributed by atoms with Crippen LogP contribution in [0, 0.1) is 0 Å². The normalized spacial score (nSPS) is 18.8. The zero-order valence-corrected chi connectivity index (χ0v) is 5.52. The van der Waals surface area contributed by atoms with Gasteiger partial charge in [-0.15, -0.1) is 0 Å². The lowest BCUT2D eigenvalue weighted by atomic mass is 10.8. The Labute approximate surface area is 60.6 Å². The summed E-state index contributed by atoms with van der Waals surface area (Å²) >= 11 is 5.22. The zero-order valence-electron chi connectivity index (χ0n) is 4.77. The average molecular weight is 173 g/mol. The van der Waals surface area contributed by atoms with Crippen molar-refractivity contribution in [2.24, 2.45) is 0 Å². The molecule has 0 radical (unpaired) electrons. The summed E-state index contributed by atoms with van der Waals surface area (Å²) < 4.78 is 36.1. The Morgan fingerprint density at radius 1 is 1.30 bits per heavy atom. The molecule has 0 aromatic carbocycles. The number of nitrogens with zero attached hydrogens (tertiary/aromatic N) is 2. The van der Waals surface area contributed by atoms with Gasteiger partial charge in [-0.1, -0.05) is 0 Å². The summed E-state index contributed by atoms with van der Waals surface area (Å²) in [4.78, 5) is 0.181. The number of alkyl halides is 3. The highest BCUT2D eigenvalue weighted by Crippen LogP contribution is 2.25. The van der Waals surface area contributed by atoms with Gasteiger partial charge >= 0.3 is 6.30 Å². The monoisotopic (exact) mass is 172 g/mol. The first-order valence-electron chi connectivity index (χ1n) is 2.44. The smallest absolute Gasteiger partial charge is 0.271 e. The van der Waals surface area contributed by atoms with Crippen LogP contribution < -0.4 is 0 Å². The Hall–Kier alpha value is -0.580. The van der Waals surface area contributed by atoms with Gasteiger partial charge in [-0.05, 0) is 0 Å². The van der Waals surface area contributed by atoms with E-state index in [2.05, 4.69) is 0 Å². The van der Waals surface area contributed by atoms with Gasteiger partial charge in [-0.25, -0.2) is 0 Å². The van der Waals surface area contributed by atoms with Gasteiger partial charge in [-0.2, -0.15) is 13.2 Å². The van der Waals surface area contributed by atoms with Gasteiger partial charge in [-0.3, -0.25) is 9.32 Å². The molecule has 0 amide bonds. The molecule has 0 aliphatic carbocycles. The molecule has 2 nitrogen and oxygen atoms in total. The van der Waals surface area contributed by atoms with E-state index in [0.29, 0.717) is 0 Å². The molecule has 58 valence electrons. The van der Waals surface area contributed by atoms with Crippen LogP contribution in [0.4, 0.5) is 13.2 Å². The number of hydrogen-bond donors (Lipinski definition) is 0. The number of halogens is 4. The Morgan fingerprint density at radius 2 is 1.90 bits per heavy atom. The molecule has 0 aromatic rings. The lowest BCUT2D eigenvalue weighted by Gasteiger charge is -2.19. The minimum atomic E-state index is -4.32. The van der Waals surface area contributed by atoms with Gasteiger partial charge in [0.1, 0.15) is 6.67 Å². The van der Waals surface area contributed by atoms with Crippen molar-refractivity contribution >= 4 is 11.8 Å². The largest absolute Gasteiger partial charge is 0.485 e. The summed E-state index contributed by atoms with van der Waals surface area (Å²) in [5.74, 6) is 0. The minimum absolute atomic E-state index is 0.181. The fraction of sp³-hybridized carbons (Fsp3) is 0.500. The molecule has 0 spiro atoms. The van der Waals surface area contributed by atoms with Crippen molar-refractivity contribution in [2.75, 3.05) is 6.67 Å². The molecule has 6 heteroatoms. The van der Waals surface area contributed by atoms with E-state index in [4.69, 9.17) is 11.8 Å². The molecule has 10 heavy (non-hydrogen) atoms. The van der Waals surface area contributed by atoms with Gasteiger partial charge in [0.15, 0.2) is 0 Å². The molecule has 1 aliphatic rings. The van der Waals surface area contributed by atoms with E-state index in [0.717, 1.165) is 16.8 Å². The topological polar surface area (TPSA) is 6.48 Å². The molecule has 1 heterocycles. The first-order valence-corrected chi connectivity index (χ1v) is 2.78. The third kappa shape index (κ3) is 1.47. The maximum Gasteiger partial charge on any atom is 0.485 e. The summed E-state index contributed by atoms with van der Waals surface area (Å²) in [5.41, 5.74) is 0. The van der Waals surface area contributed by atoms with Crippen LogP contribution in [-0.2, 0) is 0 Å². The van der Waals surface area contributed by atoms with E-state index in [1.165, 1.54) is 0 Å². The molecule has 0 aromatic heterocycles. The third-order valence-corrected chi connectivity index (χ3v) is 1.24. The van der Waals surface area contributed by atoms with Crippen LogP contribution in [0.1, 0.15) is 0 Å². The first kappa shape index (κ1) is 7.53. The molecule has 0 saturated carbocycles. The van der Waals surface area contributed by atoms with Crippen LogP contribution in [0.3, 0.4) is 0 Å². The van der Waals surface area contributed by atoms with E-state index in [-0.39, 0.29) is 11.6 Å². The Bertz CT molecular complexity index is 155. The molecular weight excluding hydrogens is 169 g/mol. The fourth-order valence-electron chi connectivity index (χ4n) is 0.557. The van der Waals surface area contributed by atoms with Crippen LogP contribution in [0.5, 0.6) is 0 Å². The summed E-state index contributed by atoms with van der Waals surface area (Å²) in [6.45, 7) is -0.342. The lowest BCUT2D eigenvalue weighted by molar-refractivity contribution is -0.228. The fourth-order valence-corrected chi connectivity index (χ4v) is 0.723. The Kier molecular flexibility index (Phi) is 1.68. The van der Waals surface area contributed by atoms with Crippen LogP contribution in [0.2, 0.25) is 0 Å². The summed E-state index contributed by atoms with van der Waals surface area (Å²) in [6.07, 6.45) is -2.29. The zero-order chi connectivity index (χ0) is 7.78. The van der Waals surface area contributed by atoms with E-state index in [1.807, 2.05) is 0 Å². The highest BCUT2D eigenvalue weighted by Gasteiger charge is 2.37. The second-order valence-corrected chi connectivity index (χ2v) is 2.21.